The molecule has 1 unspecified atom stereocenters. The number of aryl methyl sites for hydroxylation is 1. The topological polar surface area (TPSA) is 52.6 Å². The maximum absolute atomic E-state index is 4.73. The number of anilines is 1. The molecule has 0 aliphatic rings. The Balaban J connectivity index is 0.00000364. The predicted octanol–water partition coefficient (Wildman–Crippen LogP) is 3.93. The van der Waals surface area contributed by atoms with Crippen LogP contribution in [0.1, 0.15) is 36.5 Å². The van der Waals surface area contributed by atoms with Crippen molar-refractivity contribution in [1.29, 1.82) is 0 Å². The van der Waals surface area contributed by atoms with Gasteiger partial charge in [-0.15, -0.1) is 24.0 Å². The van der Waals surface area contributed by atoms with Gasteiger partial charge in [0, 0.05) is 38.9 Å². The van der Waals surface area contributed by atoms with Crippen LogP contribution in [-0.4, -0.2) is 38.1 Å². The molecular weight excluding hydrogens is 449 g/mol. The second-order valence-electron chi connectivity index (χ2n) is 6.77. The minimum absolute atomic E-state index is 0. The van der Waals surface area contributed by atoms with Gasteiger partial charge in [0.2, 0.25) is 0 Å². The van der Waals surface area contributed by atoms with E-state index in [0.29, 0.717) is 12.5 Å². The highest BCUT2D eigenvalue weighted by molar-refractivity contribution is 14.0. The van der Waals surface area contributed by atoms with Crippen molar-refractivity contribution in [3.63, 3.8) is 0 Å². The molecule has 2 aromatic rings. The first-order valence-electron chi connectivity index (χ1n) is 9.21. The van der Waals surface area contributed by atoms with Gasteiger partial charge in [0.05, 0.1) is 6.54 Å². The van der Waals surface area contributed by atoms with Gasteiger partial charge in [0.25, 0.3) is 0 Å². The highest BCUT2D eigenvalue weighted by Crippen LogP contribution is 2.16. The molecule has 0 aliphatic heterocycles. The molecule has 1 aromatic carbocycles. The molecule has 0 amide bonds. The van der Waals surface area contributed by atoms with Crippen molar-refractivity contribution >= 4 is 35.8 Å². The Labute approximate surface area is 180 Å². The van der Waals surface area contributed by atoms with Crippen LogP contribution in [0.25, 0.3) is 0 Å². The van der Waals surface area contributed by atoms with Crippen LogP contribution in [0.15, 0.2) is 47.6 Å². The van der Waals surface area contributed by atoms with Crippen molar-refractivity contribution in [2.45, 2.75) is 33.2 Å². The Morgan fingerprint density at radius 1 is 1.15 bits per heavy atom. The summed E-state index contributed by atoms with van der Waals surface area (Å²) in [7, 11) is 4.00. The van der Waals surface area contributed by atoms with Crippen LogP contribution < -0.4 is 15.5 Å². The van der Waals surface area contributed by atoms with E-state index in [-0.39, 0.29) is 24.0 Å². The number of halogens is 1. The molecule has 0 spiro atoms. The Hall–Kier alpha value is -1.83. The molecule has 0 saturated heterocycles. The highest BCUT2D eigenvalue weighted by Gasteiger charge is 2.08. The average molecular weight is 481 g/mol. The molecule has 0 bridgehead atoms. The van der Waals surface area contributed by atoms with E-state index in [9.17, 15) is 0 Å². The average Bonchev–Trinajstić information content (AvgIpc) is 2.64. The van der Waals surface area contributed by atoms with E-state index in [1.807, 2.05) is 31.3 Å². The third-order valence-electron chi connectivity index (χ3n) is 4.26. The van der Waals surface area contributed by atoms with Gasteiger partial charge in [-0.05, 0) is 31.4 Å². The minimum Gasteiger partial charge on any atom is -0.362 e. The zero-order valence-corrected chi connectivity index (χ0v) is 19.3. The van der Waals surface area contributed by atoms with Gasteiger partial charge >= 0.3 is 0 Å². The van der Waals surface area contributed by atoms with Gasteiger partial charge < -0.3 is 15.5 Å². The SMILES string of the molecule is CCNC(=NCc1cccnc1N(C)C)NCC(C)c1ccc(C)cc1.I. The minimum atomic E-state index is 0. The number of nitrogens with one attached hydrogen (secondary N) is 2. The molecule has 27 heavy (non-hydrogen) atoms. The van der Waals surface area contributed by atoms with E-state index in [0.717, 1.165) is 30.4 Å². The molecule has 5 nitrogen and oxygen atoms in total. The number of nitrogens with zero attached hydrogens (tertiary/aromatic N) is 3. The van der Waals surface area contributed by atoms with E-state index in [4.69, 9.17) is 4.99 Å². The first-order chi connectivity index (χ1) is 12.5. The summed E-state index contributed by atoms with van der Waals surface area (Å²) in [5.41, 5.74) is 3.74. The Kier molecular flexibility index (Phi) is 10.1. The van der Waals surface area contributed by atoms with E-state index in [2.05, 4.69) is 66.7 Å². The normalized spacial score (nSPS) is 12.1. The van der Waals surface area contributed by atoms with Gasteiger partial charge in [-0.2, -0.15) is 0 Å². The standard InChI is InChI=1S/C21H31N5.HI/c1-6-22-21(24-14-17(3)18-11-9-16(2)10-12-18)25-15-19-8-7-13-23-20(19)26(4)5;/h7-13,17H,6,14-15H2,1-5H3,(H2,22,24,25);1H. The number of guanidine groups is 1. The summed E-state index contributed by atoms with van der Waals surface area (Å²) in [6.07, 6.45) is 1.81. The van der Waals surface area contributed by atoms with E-state index in [1.165, 1.54) is 11.1 Å². The molecule has 2 N–H and O–H groups in total. The largest absolute Gasteiger partial charge is 0.362 e. The zero-order chi connectivity index (χ0) is 18.9. The maximum Gasteiger partial charge on any atom is 0.191 e. The lowest BCUT2D eigenvalue weighted by molar-refractivity contribution is 0.699. The van der Waals surface area contributed by atoms with Crippen molar-refractivity contribution in [1.82, 2.24) is 15.6 Å². The summed E-state index contributed by atoms with van der Waals surface area (Å²) in [5.74, 6) is 2.20. The van der Waals surface area contributed by atoms with Crippen LogP contribution in [0.5, 0.6) is 0 Å². The molecule has 1 heterocycles. The molecule has 148 valence electrons. The van der Waals surface area contributed by atoms with Crippen LogP contribution in [0.4, 0.5) is 5.82 Å². The van der Waals surface area contributed by atoms with Crippen molar-refractivity contribution in [3.05, 3.63) is 59.3 Å². The molecule has 0 fully saturated rings. The molecule has 1 atom stereocenters. The van der Waals surface area contributed by atoms with Crippen molar-refractivity contribution in [3.8, 4) is 0 Å². The number of hydrogen-bond acceptors (Lipinski definition) is 3. The molecule has 0 radical (unpaired) electrons. The lowest BCUT2D eigenvalue weighted by atomic mass is 10.0. The first-order valence-corrected chi connectivity index (χ1v) is 9.21. The lowest BCUT2D eigenvalue weighted by Gasteiger charge is -2.17. The molecule has 2 rings (SSSR count). The quantitative estimate of drug-likeness (QED) is 0.358. The Bertz CT molecular complexity index is 713. The van der Waals surface area contributed by atoms with Crippen LogP contribution in [-0.2, 0) is 6.54 Å². The highest BCUT2D eigenvalue weighted by atomic mass is 127. The van der Waals surface area contributed by atoms with Gasteiger partial charge in [-0.3, -0.25) is 0 Å². The summed E-state index contributed by atoms with van der Waals surface area (Å²) in [6.45, 7) is 8.68. The van der Waals surface area contributed by atoms with E-state index in [1.54, 1.807) is 0 Å². The first kappa shape index (κ1) is 23.2. The number of rotatable bonds is 7. The molecule has 0 aliphatic carbocycles. The third kappa shape index (κ3) is 7.36. The van der Waals surface area contributed by atoms with Gasteiger partial charge in [0.15, 0.2) is 5.96 Å². The number of hydrogen-bond donors (Lipinski definition) is 2. The summed E-state index contributed by atoms with van der Waals surface area (Å²) in [4.78, 5) is 11.2. The predicted molar refractivity (Wildman–Crippen MR) is 126 cm³/mol. The molecule has 1 aromatic heterocycles. The van der Waals surface area contributed by atoms with Gasteiger partial charge in [-0.1, -0.05) is 42.8 Å². The van der Waals surface area contributed by atoms with E-state index < -0.39 is 0 Å². The molecular formula is C21H32IN5. The fourth-order valence-corrected chi connectivity index (χ4v) is 2.72. The molecule has 0 saturated carbocycles. The fourth-order valence-electron chi connectivity index (χ4n) is 2.72. The van der Waals surface area contributed by atoms with Gasteiger partial charge in [-0.25, -0.2) is 9.98 Å². The van der Waals surface area contributed by atoms with Crippen molar-refractivity contribution < 1.29 is 0 Å². The Morgan fingerprint density at radius 3 is 2.48 bits per heavy atom. The fraction of sp³-hybridized carbons (Fsp3) is 0.429. The number of benzene rings is 1. The van der Waals surface area contributed by atoms with Gasteiger partial charge in [0.1, 0.15) is 5.82 Å². The molecule has 6 heteroatoms. The summed E-state index contributed by atoms with van der Waals surface area (Å²) in [6, 6.07) is 12.8. The second kappa shape index (κ2) is 11.8. The smallest absolute Gasteiger partial charge is 0.191 e. The summed E-state index contributed by atoms with van der Waals surface area (Å²) >= 11 is 0. The van der Waals surface area contributed by atoms with Crippen molar-refractivity contribution in [2.75, 3.05) is 32.1 Å². The number of pyridine rings is 1. The third-order valence-corrected chi connectivity index (χ3v) is 4.26. The van der Waals surface area contributed by atoms with Crippen LogP contribution in [0.3, 0.4) is 0 Å². The summed E-state index contributed by atoms with van der Waals surface area (Å²) in [5, 5.41) is 6.78. The van der Waals surface area contributed by atoms with Crippen LogP contribution in [0.2, 0.25) is 0 Å². The maximum atomic E-state index is 4.73. The monoisotopic (exact) mass is 481 g/mol. The van der Waals surface area contributed by atoms with E-state index >= 15 is 0 Å². The summed E-state index contributed by atoms with van der Waals surface area (Å²) < 4.78 is 0. The number of aromatic nitrogens is 1. The van der Waals surface area contributed by atoms with Crippen LogP contribution >= 0.6 is 24.0 Å². The number of aliphatic imine (C=N–C) groups is 1. The zero-order valence-electron chi connectivity index (χ0n) is 17.0. The lowest BCUT2D eigenvalue weighted by Crippen LogP contribution is -2.39. The van der Waals surface area contributed by atoms with Crippen LogP contribution in [0, 0.1) is 6.92 Å². The van der Waals surface area contributed by atoms with Crippen molar-refractivity contribution in [2.24, 2.45) is 4.99 Å². The second-order valence-corrected chi connectivity index (χ2v) is 6.77. The Morgan fingerprint density at radius 2 is 1.85 bits per heavy atom.